The van der Waals surface area contributed by atoms with Crippen molar-refractivity contribution < 1.29 is 14.3 Å². The van der Waals surface area contributed by atoms with Crippen LogP contribution < -0.4 is 5.48 Å². The van der Waals surface area contributed by atoms with E-state index in [-0.39, 0.29) is 12.4 Å². The SMILES string of the molecule is CONCC(O)c1cccc(F)c1. The van der Waals surface area contributed by atoms with Crippen LogP contribution in [-0.2, 0) is 4.84 Å². The Morgan fingerprint density at radius 3 is 3.00 bits per heavy atom. The topological polar surface area (TPSA) is 41.5 Å². The predicted octanol–water partition coefficient (Wildman–Crippen LogP) is 1.01. The second-order valence-corrected chi connectivity index (χ2v) is 2.62. The summed E-state index contributed by atoms with van der Waals surface area (Å²) < 4.78 is 12.7. The first-order valence-electron chi connectivity index (χ1n) is 3.93. The first-order chi connectivity index (χ1) is 6.24. The van der Waals surface area contributed by atoms with E-state index in [0.717, 1.165) is 0 Å². The van der Waals surface area contributed by atoms with Gasteiger partial charge in [0.2, 0.25) is 0 Å². The second kappa shape index (κ2) is 4.91. The largest absolute Gasteiger partial charge is 0.387 e. The van der Waals surface area contributed by atoms with Crippen molar-refractivity contribution in [1.82, 2.24) is 5.48 Å². The molecule has 0 heterocycles. The lowest BCUT2D eigenvalue weighted by Gasteiger charge is -2.10. The number of hydrogen-bond donors (Lipinski definition) is 2. The van der Waals surface area contributed by atoms with Crippen LogP contribution >= 0.6 is 0 Å². The molecule has 0 aromatic heterocycles. The van der Waals surface area contributed by atoms with Crippen molar-refractivity contribution in [2.24, 2.45) is 0 Å². The summed E-state index contributed by atoms with van der Waals surface area (Å²) in [5, 5.41) is 9.47. The summed E-state index contributed by atoms with van der Waals surface area (Å²) >= 11 is 0. The monoisotopic (exact) mass is 185 g/mol. The molecule has 0 amide bonds. The third-order valence-electron chi connectivity index (χ3n) is 1.65. The van der Waals surface area contributed by atoms with Crippen LogP contribution in [-0.4, -0.2) is 18.8 Å². The Kier molecular flexibility index (Phi) is 3.82. The van der Waals surface area contributed by atoms with Gasteiger partial charge in [-0.15, -0.1) is 0 Å². The summed E-state index contributed by atoms with van der Waals surface area (Å²) in [4.78, 5) is 4.56. The molecule has 0 spiro atoms. The number of hydroxylamine groups is 1. The molecule has 0 aliphatic carbocycles. The maximum Gasteiger partial charge on any atom is 0.123 e. The molecular weight excluding hydrogens is 173 g/mol. The molecule has 72 valence electrons. The van der Waals surface area contributed by atoms with Crippen molar-refractivity contribution in [3.63, 3.8) is 0 Å². The molecule has 0 radical (unpaired) electrons. The zero-order chi connectivity index (χ0) is 9.68. The Balaban J connectivity index is 2.60. The number of aliphatic hydroxyl groups is 1. The first kappa shape index (κ1) is 10.1. The Morgan fingerprint density at radius 1 is 1.62 bits per heavy atom. The summed E-state index contributed by atoms with van der Waals surface area (Å²) in [6.07, 6.45) is -0.754. The molecule has 0 aliphatic heterocycles. The third kappa shape index (κ3) is 3.10. The Morgan fingerprint density at radius 2 is 2.38 bits per heavy atom. The molecule has 1 atom stereocenters. The number of benzene rings is 1. The van der Waals surface area contributed by atoms with Crippen LogP contribution in [0, 0.1) is 5.82 Å². The first-order valence-corrected chi connectivity index (χ1v) is 3.93. The Hall–Kier alpha value is -0.970. The van der Waals surface area contributed by atoms with Gasteiger partial charge in [-0.2, -0.15) is 5.48 Å². The van der Waals surface area contributed by atoms with Gasteiger partial charge in [-0.3, -0.25) is 0 Å². The average Bonchev–Trinajstić information content (AvgIpc) is 2.14. The number of nitrogens with one attached hydrogen (secondary N) is 1. The molecule has 0 saturated heterocycles. The van der Waals surface area contributed by atoms with Crippen LogP contribution in [0.2, 0.25) is 0 Å². The smallest absolute Gasteiger partial charge is 0.123 e. The normalized spacial score (nSPS) is 12.8. The fourth-order valence-electron chi connectivity index (χ4n) is 0.994. The van der Waals surface area contributed by atoms with Gasteiger partial charge in [0.05, 0.1) is 19.8 Å². The van der Waals surface area contributed by atoms with Crippen LogP contribution in [0.1, 0.15) is 11.7 Å². The molecule has 0 bridgehead atoms. The fraction of sp³-hybridized carbons (Fsp3) is 0.333. The summed E-state index contributed by atoms with van der Waals surface area (Å²) in [6, 6.07) is 5.84. The standard InChI is InChI=1S/C9H12FNO2/c1-13-11-6-9(12)7-3-2-4-8(10)5-7/h2-5,9,11-12H,6H2,1H3. The van der Waals surface area contributed by atoms with Gasteiger partial charge in [0, 0.05) is 0 Å². The van der Waals surface area contributed by atoms with E-state index in [9.17, 15) is 9.50 Å². The summed E-state index contributed by atoms with van der Waals surface area (Å²) in [5.74, 6) is -0.353. The van der Waals surface area contributed by atoms with Crippen molar-refractivity contribution in [2.75, 3.05) is 13.7 Å². The lowest BCUT2D eigenvalue weighted by molar-refractivity contribution is 0.0498. The van der Waals surface area contributed by atoms with Gasteiger partial charge in [0.15, 0.2) is 0 Å². The van der Waals surface area contributed by atoms with Gasteiger partial charge in [0.1, 0.15) is 5.82 Å². The van der Waals surface area contributed by atoms with Crippen LogP contribution in [0.25, 0.3) is 0 Å². The van der Waals surface area contributed by atoms with Crippen molar-refractivity contribution >= 4 is 0 Å². The minimum Gasteiger partial charge on any atom is -0.387 e. The Bertz CT molecular complexity index is 268. The molecule has 1 unspecified atom stereocenters. The molecule has 3 nitrogen and oxygen atoms in total. The van der Waals surface area contributed by atoms with E-state index in [1.807, 2.05) is 0 Å². The van der Waals surface area contributed by atoms with Crippen molar-refractivity contribution in [2.45, 2.75) is 6.10 Å². The zero-order valence-electron chi connectivity index (χ0n) is 7.33. The van der Waals surface area contributed by atoms with Crippen LogP contribution in [0.4, 0.5) is 4.39 Å². The average molecular weight is 185 g/mol. The summed E-state index contributed by atoms with van der Waals surface area (Å²) in [6.45, 7) is 0.236. The van der Waals surface area contributed by atoms with Crippen LogP contribution in [0.5, 0.6) is 0 Å². The molecule has 0 fully saturated rings. The van der Waals surface area contributed by atoms with Crippen molar-refractivity contribution in [3.8, 4) is 0 Å². The van der Waals surface area contributed by atoms with E-state index in [1.54, 1.807) is 12.1 Å². The lowest BCUT2D eigenvalue weighted by Crippen LogP contribution is -2.20. The molecule has 1 aromatic carbocycles. The maximum absolute atomic E-state index is 12.7. The fourth-order valence-corrected chi connectivity index (χ4v) is 0.994. The van der Waals surface area contributed by atoms with Crippen LogP contribution in [0.3, 0.4) is 0 Å². The Labute approximate surface area is 76.1 Å². The highest BCUT2D eigenvalue weighted by atomic mass is 19.1. The lowest BCUT2D eigenvalue weighted by atomic mass is 10.1. The predicted molar refractivity (Wildman–Crippen MR) is 46.4 cm³/mol. The van der Waals surface area contributed by atoms with Gasteiger partial charge in [-0.25, -0.2) is 4.39 Å². The number of hydrogen-bond acceptors (Lipinski definition) is 3. The summed E-state index contributed by atoms with van der Waals surface area (Å²) in [5.41, 5.74) is 3.03. The highest BCUT2D eigenvalue weighted by Crippen LogP contribution is 2.12. The number of halogens is 1. The highest BCUT2D eigenvalue weighted by Gasteiger charge is 2.06. The zero-order valence-corrected chi connectivity index (χ0v) is 7.33. The van der Waals surface area contributed by atoms with E-state index in [4.69, 9.17) is 0 Å². The third-order valence-corrected chi connectivity index (χ3v) is 1.65. The van der Waals surface area contributed by atoms with Gasteiger partial charge >= 0.3 is 0 Å². The molecule has 1 aromatic rings. The summed E-state index contributed by atoms with van der Waals surface area (Å²) in [7, 11) is 1.46. The molecule has 1 rings (SSSR count). The van der Waals surface area contributed by atoms with Crippen molar-refractivity contribution in [1.29, 1.82) is 0 Å². The van der Waals surface area contributed by atoms with E-state index >= 15 is 0 Å². The maximum atomic E-state index is 12.7. The van der Waals surface area contributed by atoms with Gasteiger partial charge in [-0.1, -0.05) is 12.1 Å². The quantitative estimate of drug-likeness (QED) is 0.688. The number of aliphatic hydroxyl groups excluding tert-OH is 1. The van der Waals surface area contributed by atoms with Crippen LogP contribution in [0.15, 0.2) is 24.3 Å². The van der Waals surface area contributed by atoms with Gasteiger partial charge in [0.25, 0.3) is 0 Å². The van der Waals surface area contributed by atoms with Gasteiger partial charge in [-0.05, 0) is 17.7 Å². The minimum absolute atomic E-state index is 0.236. The molecule has 13 heavy (non-hydrogen) atoms. The highest BCUT2D eigenvalue weighted by molar-refractivity contribution is 5.18. The van der Waals surface area contributed by atoms with Gasteiger partial charge < -0.3 is 9.94 Å². The molecule has 2 N–H and O–H groups in total. The van der Waals surface area contributed by atoms with E-state index < -0.39 is 6.10 Å². The number of rotatable bonds is 4. The van der Waals surface area contributed by atoms with E-state index in [0.29, 0.717) is 5.56 Å². The van der Waals surface area contributed by atoms with Crippen molar-refractivity contribution in [3.05, 3.63) is 35.6 Å². The molecular formula is C9H12FNO2. The minimum atomic E-state index is -0.754. The van der Waals surface area contributed by atoms with E-state index in [1.165, 1.54) is 19.2 Å². The van der Waals surface area contributed by atoms with E-state index in [2.05, 4.69) is 10.3 Å². The molecule has 0 saturated carbocycles. The molecule has 4 heteroatoms. The molecule has 0 aliphatic rings. The second-order valence-electron chi connectivity index (χ2n) is 2.62.